The molecule has 0 aliphatic carbocycles. The molecule has 0 saturated carbocycles. The van der Waals surface area contributed by atoms with Crippen LogP contribution in [0.3, 0.4) is 0 Å². The van der Waals surface area contributed by atoms with E-state index >= 15 is 0 Å². The molecule has 4 rings (SSSR count). The topological polar surface area (TPSA) is 98.1 Å². The van der Waals surface area contributed by atoms with E-state index < -0.39 is 11.7 Å². The second-order valence-electron chi connectivity index (χ2n) is 7.81. The Labute approximate surface area is 232 Å². The number of rotatable bonds is 10. The van der Waals surface area contributed by atoms with Gasteiger partial charge in [-0.1, -0.05) is 35.0 Å². The van der Waals surface area contributed by atoms with Gasteiger partial charge in [0.05, 0.1) is 29.5 Å². The van der Waals surface area contributed by atoms with Crippen LogP contribution in [0.4, 0.5) is 10.1 Å². The van der Waals surface area contributed by atoms with Crippen LogP contribution in [-0.2, 0) is 11.3 Å². The van der Waals surface area contributed by atoms with E-state index in [0.29, 0.717) is 39.7 Å². The number of carbonyl (C=O) groups is 2. The summed E-state index contributed by atoms with van der Waals surface area (Å²) in [4.78, 5) is 25.2. The lowest BCUT2D eigenvalue weighted by atomic mass is 10.2. The van der Waals surface area contributed by atoms with Crippen molar-refractivity contribution in [1.82, 2.24) is 20.1 Å². The molecule has 0 unspecified atom stereocenters. The maximum atomic E-state index is 13.1. The van der Waals surface area contributed by atoms with E-state index in [1.165, 1.54) is 48.2 Å². The second kappa shape index (κ2) is 12.8. The molecular formula is C26H22Cl2FN5O3S. The number of nitrogens with one attached hydrogen (secondary N) is 2. The normalized spacial score (nSPS) is 10.7. The van der Waals surface area contributed by atoms with Crippen molar-refractivity contribution in [2.75, 3.05) is 17.7 Å². The Morgan fingerprint density at radius 3 is 2.45 bits per heavy atom. The van der Waals surface area contributed by atoms with Crippen LogP contribution in [0.15, 0.2) is 71.9 Å². The number of thioether (sulfide) groups is 1. The lowest BCUT2D eigenvalue weighted by Gasteiger charge is -2.12. The van der Waals surface area contributed by atoms with Crippen LogP contribution in [0.25, 0.3) is 5.69 Å². The van der Waals surface area contributed by atoms with Crippen molar-refractivity contribution in [3.05, 3.63) is 94.0 Å². The first kappa shape index (κ1) is 27.4. The van der Waals surface area contributed by atoms with Gasteiger partial charge in [0.1, 0.15) is 11.6 Å². The van der Waals surface area contributed by atoms with Gasteiger partial charge in [0.15, 0.2) is 11.0 Å². The predicted octanol–water partition coefficient (Wildman–Crippen LogP) is 5.77. The lowest BCUT2D eigenvalue weighted by Crippen LogP contribution is -2.25. The van der Waals surface area contributed by atoms with E-state index in [-0.39, 0.29) is 28.8 Å². The molecule has 0 aliphatic heterocycles. The highest BCUT2D eigenvalue weighted by Crippen LogP contribution is 2.25. The zero-order chi connectivity index (χ0) is 27.1. The van der Waals surface area contributed by atoms with Gasteiger partial charge in [-0.15, -0.1) is 10.2 Å². The Morgan fingerprint density at radius 2 is 1.76 bits per heavy atom. The Kier molecular flexibility index (Phi) is 9.22. The number of anilines is 1. The number of halogens is 3. The van der Waals surface area contributed by atoms with Crippen LogP contribution < -0.4 is 15.4 Å². The fraction of sp³-hybridized carbons (Fsp3) is 0.154. The zero-order valence-corrected chi connectivity index (χ0v) is 22.4. The van der Waals surface area contributed by atoms with Crippen LogP contribution in [0.5, 0.6) is 5.75 Å². The van der Waals surface area contributed by atoms with E-state index in [0.717, 1.165) is 0 Å². The van der Waals surface area contributed by atoms with Crippen LogP contribution >= 0.6 is 35.0 Å². The molecule has 8 nitrogen and oxygen atoms in total. The third-order valence-corrected chi connectivity index (χ3v) is 6.63. The molecule has 2 amide bonds. The lowest BCUT2D eigenvalue weighted by molar-refractivity contribution is -0.113. The Hall–Kier alpha value is -3.60. The number of aromatic nitrogens is 3. The van der Waals surface area contributed by atoms with Gasteiger partial charge in [-0.2, -0.15) is 0 Å². The number of nitrogens with zero attached hydrogens (tertiary/aromatic N) is 3. The Bertz CT molecular complexity index is 1430. The summed E-state index contributed by atoms with van der Waals surface area (Å²) in [6.07, 6.45) is 0. The maximum absolute atomic E-state index is 13.1. The van der Waals surface area contributed by atoms with Gasteiger partial charge in [-0.25, -0.2) is 4.39 Å². The van der Waals surface area contributed by atoms with E-state index in [4.69, 9.17) is 27.9 Å². The van der Waals surface area contributed by atoms with Crippen molar-refractivity contribution >= 4 is 52.5 Å². The van der Waals surface area contributed by atoms with Crippen molar-refractivity contribution in [2.24, 2.45) is 0 Å². The van der Waals surface area contributed by atoms with Gasteiger partial charge in [0.25, 0.3) is 5.91 Å². The minimum atomic E-state index is -0.402. The molecule has 3 aromatic carbocycles. The summed E-state index contributed by atoms with van der Waals surface area (Å²) in [5, 5.41) is 15.1. The van der Waals surface area contributed by atoms with E-state index in [9.17, 15) is 14.0 Å². The van der Waals surface area contributed by atoms with Gasteiger partial charge in [0, 0.05) is 16.4 Å². The molecule has 1 heterocycles. The maximum Gasteiger partial charge on any atom is 0.253 e. The minimum Gasteiger partial charge on any atom is -0.494 e. The monoisotopic (exact) mass is 573 g/mol. The smallest absolute Gasteiger partial charge is 0.253 e. The standard InChI is InChI=1S/C26H22Cl2FN5O3S/c1-2-37-20-10-8-19(9-11-20)34-23(14-30-25(36)21-12-3-16(27)13-22(21)28)32-33-26(34)38-15-24(35)31-18-6-4-17(29)5-7-18/h3-13H,2,14-15H2,1H3,(H,30,36)(H,31,35). The third kappa shape index (κ3) is 7.03. The van der Waals surface area contributed by atoms with Crippen LogP contribution in [0, 0.1) is 5.82 Å². The van der Waals surface area contributed by atoms with Crippen LogP contribution in [0.1, 0.15) is 23.1 Å². The average Bonchev–Trinajstić information content (AvgIpc) is 3.31. The van der Waals surface area contributed by atoms with Gasteiger partial charge in [-0.05, 0) is 73.7 Å². The van der Waals surface area contributed by atoms with Crippen molar-refractivity contribution < 1.29 is 18.7 Å². The average molecular weight is 574 g/mol. The van der Waals surface area contributed by atoms with Crippen molar-refractivity contribution in [3.8, 4) is 11.4 Å². The molecule has 1 aromatic heterocycles. The number of benzene rings is 3. The summed E-state index contributed by atoms with van der Waals surface area (Å²) in [6, 6.07) is 17.4. The van der Waals surface area contributed by atoms with Crippen LogP contribution in [0.2, 0.25) is 10.0 Å². The largest absolute Gasteiger partial charge is 0.494 e. The third-order valence-electron chi connectivity index (χ3n) is 5.15. The molecule has 0 spiro atoms. The highest BCUT2D eigenvalue weighted by molar-refractivity contribution is 7.99. The highest BCUT2D eigenvalue weighted by Gasteiger charge is 2.18. The van der Waals surface area contributed by atoms with Crippen molar-refractivity contribution in [2.45, 2.75) is 18.6 Å². The molecule has 0 bridgehead atoms. The first-order valence-corrected chi connectivity index (χ1v) is 13.2. The molecule has 38 heavy (non-hydrogen) atoms. The molecule has 196 valence electrons. The molecule has 12 heteroatoms. The minimum absolute atomic E-state index is 0.0271. The van der Waals surface area contributed by atoms with Gasteiger partial charge >= 0.3 is 0 Å². The molecule has 0 radical (unpaired) electrons. The summed E-state index contributed by atoms with van der Waals surface area (Å²) < 4.78 is 20.4. The Balaban J connectivity index is 1.52. The first-order valence-electron chi connectivity index (χ1n) is 11.4. The van der Waals surface area contributed by atoms with Gasteiger partial charge in [-0.3, -0.25) is 14.2 Å². The van der Waals surface area contributed by atoms with E-state index in [1.54, 1.807) is 10.6 Å². The molecule has 0 fully saturated rings. The number of ether oxygens (including phenoxy) is 1. The number of amides is 2. The van der Waals surface area contributed by atoms with Gasteiger partial charge in [0.2, 0.25) is 5.91 Å². The highest BCUT2D eigenvalue weighted by atomic mass is 35.5. The van der Waals surface area contributed by atoms with Gasteiger partial charge < -0.3 is 15.4 Å². The summed E-state index contributed by atoms with van der Waals surface area (Å²) in [5.41, 5.74) is 1.47. The second-order valence-corrected chi connectivity index (χ2v) is 9.60. The molecule has 4 aromatic rings. The fourth-order valence-corrected chi connectivity index (χ4v) is 4.68. The molecule has 0 aliphatic rings. The van der Waals surface area contributed by atoms with E-state index in [1.807, 2.05) is 31.2 Å². The molecule has 0 saturated heterocycles. The zero-order valence-electron chi connectivity index (χ0n) is 20.1. The SMILES string of the molecule is CCOc1ccc(-n2c(CNC(=O)c3ccc(Cl)cc3Cl)nnc2SCC(=O)Nc2ccc(F)cc2)cc1. The fourth-order valence-electron chi connectivity index (χ4n) is 3.41. The van der Waals surface area contributed by atoms with Crippen molar-refractivity contribution in [3.63, 3.8) is 0 Å². The first-order chi connectivity index (χ1) is 18.3. The number of carbonyl (C=O) groups excluding carboxylic acids is 2. The summed E-state index contributed by atoms with van der Waals surface area (Å²) in [5.74, 6) is 0.0763. The predicted molar refractivity (Wildman–Crippen MR) is 146 cm³/mol. The summed E-state index contributed by atoms with van der Waals surface area (Å²) >= 11 is 13.3. The summed E-state index contributed by atoms with van der Waals surface area (Å²) in [7, 11) is 0. The Morgan fingerprint density at radius 1 is 1.03 bits per heavy atom. The quantitative estimate of drug-likeness (QED) is 0.234. The number of hydrogen-bond donors (Lipinski definition) is 2. The van der Waals surface area contributed by atoms with Crippen LogP contribution in [-0.4, -0.2) is 38.9 Å². The van der Waals surface area contributed by atoms with Crippen molar-refractivity contribution in [1.29, 1.82) is 0 Å². The molecule has 0 atom stereocenters. The van der Waals surface area contributed by atoms with E-state index in [2.05, 4.69) is 20.8 Å². The number of hydrogen-bond acceptors (Lipinski definition) is 6. The molecular weight excluding hydrogens is 552 g/mol. The molecule has 2 N–H and O–H groups in total. The summed E-state index contributed by atoms with van der Waals surface area (Å²) in [6.45, 7) is 2.47.